The van der Waals surface area contributed by atoms with Gasteiger partial charge in [-0.1, -0.05) is 0 Å². The van der Waals surface area contributed by atoms with E-state index in [2.05, 4.69) is 4.98 Å². The van der Waals surface area contributed by atoms with E-state index >= 15 is 0 Å². The van der Waals surface area contributed by atoms with Crippen molar-refractivity contribution in [1.82, 2.24) is 4.98 Å². The molecule has 0 unspecified atom stereocenters. The van der Waals surface area contributed by atoms with Crippen LogP contribution in [0.3, 0.4) is 0 Å². The van der Waals surface area contributed by atoms with Gasteiger partial charge in [0.15, 0.2) is 9.84 Å². The van der Waals surface area contributed by atoms with Gasteiger partial charge in [-0.25, -0.2) is 13.4 Å². The van der Waals surface area contributed by atoms with Crippen LogP contribution >= 0.6 is 11.3 Å². The molecule has 0 saturated heterocycles. The highest BCUT2D eigenvalue weighted by atomic mass is 32.2. The third kappa shape index (κ3) is 2.46. The molecular formula is C6H10N2O2S2. The molecule has 2 N–H and O–H groups in total. The third-order valence-electron chi connectivity index (χ3n) is 1.26. The Hall–Kier alpha value is -0.620. The Balaban J connectivity index is 2.92. The second kappa shape index (κ2) is 3.02. The fourth-order valence-corrected chi connectivity index (χ4v) is 2.79. The minimum Gasteiger partial charge on any atom is -0.383 e. The summed E-state index contributed by atoms with van der Waals surface area (Å²) in [5.74, 6) is 0.411. The van der Waals surface area contributed by atoms with Gasteiger partial charge in [-0.3, -0.25) is 0 Å². The maximum Gasteiger partial charge on any atom is 0.153 e. The van der Waals surface area contributed by atoms with Crippen LogP contribution < -0.4 is 5.73 Å². The molecule has 1 rings (SSSR count). The van der Waals surface area contributed by atoms with Crippen LogP contribution in [-0.4, -0.2) is 19.7 Å². The first-order chi connectivity index (χ1) is 5.38. The number of anilines is 1. The van der Waals surface area contributed by atoms with Gasteiger partial charge in [0.1, 0.15) is 16.6 Å². The fraction of sp³-hybridized carbons (Fsp3) is 0.500. The summed E-state index contributed by atoms with van der Waals surface area (Å²) in [4.78, 5) is 4.78. The van der Waals surface area contributed by atoms with Crippen LogP contribution in [0, 0.1) is 6.92 Å². The van der Waals surface area contributed by atoms with Gasteiger partial charge in [0.2, 0.25) is 0 Å². The number of nitrogens with zero attached hydrogens (tertiary/aromatic N) is 1. The molecule has 0 amide bonds. The molecule has 6 heteroatoms. The molecule has 0 aromatic carbocycles. The quantitative estimate of drug-likeness (QED) is 0.768. The molecule has 0 aliphatic carbocycles. The summed E-state index contributed by atoms with van der Waals surface area (Å²) in [6.07, 6.45) is 1.18. The van der Waals surface area contributed by atoms with Gasteiger partial charge in [0, 0.05) is 11.1 Å². The number of nitrogens with two attached hydrogens (primary N) is 1. The first kappa shape index (κ1) is 9.47. The average molecular weight is 206 g/mol. The van der Waals surface area contributed by atoms with Crippen molar-refractivity contribution in [3.63, 3.8) is 0 Å². The lowest BCUT2D eigenvalue weighted by atomic mass is 10.6. The molecule has 0 spiro atoms. The van der Waals surface area contributed by atoms with E-state index in [1.165, 1.54) is 17.6 Å². The SMILES string of the molecule is Cc1sc(CS(C)(=O)=O)nc1N. The van der Waals surface area contributed by atoms with Crippen LogP contribution in [0.1, 0.15) is 9.88 Å². The van der Waals surface area contributed by atoms with E-state index in [1.54, 1.807) is 0 Å². The Labute approximate surface area is 75.4 Å². The average Bonchev–Trinajstić information content (AvgIpc) is 2.07. The highest BCUT2D eigenvalue weighted by Crippen LogP contribution is 2.20. The van der Waals surface area contributed by atoms with Gasteiger partial charge >= 0.3 is 0 Å². The molecule has 0 aliphatic heterocycles. The van der Waals surface area contributed by atoms with Gasteiger partial charge in [-0.05, 0) is 6.92 Å². The lowest BCUT2D eigenvalue weighted by molar-refractivity contribution is 0.601. The van der Waals surface area contributed by atoms with Gasteiger partial charge in [0.25, 0.3) is 0 Å². The normalized spacial score (nSPS) is 11.8. The molecular weight excluding hydrogens is 196 g/mol. The van der Waals surface area contributed by atoms with E-state index in [-0.39, 0.29) is 5.75 Å². The maximum atomic E-state index is 10.8. The highest BCUT2D eigenvalue weighted by molar-refractivity contribution is 7.90. The van der Waals surface area contributed by atoms with Gasteiger partial charge in [0.05, 0.1) is 0 Å². The van der Waals surface area contributed by atoms with E-state index in [9.17, 15) is 8.42 Å². The maximum absolute atomic E-state index is 10.8. The molecule has 1 heterocycles. The summed E-state index contributed by atoms with van der Waals surface area (Å²) in [5, 5.41) is 0.563. The second-order valence-corrected chi connectivity index (χ2v) is 6.05. The lowest BCUT2D eigenvalue weighted by Crippen LogP contribution is -2.00. The molecule has 0 atom stereocenters. The highest BCUT2D eigenvalue weighted by Gasteiger charge is 2.10. The molecule has 0 fully saturated rings. The van der Waals surface area contributed by atoms with E-state index in [4.69, 9.17) is 5.73 Å². The summed E-state index contributed by atoms with van der Waals surface area (Å²) >= 11 is 1.33. The Bertz CT molecular complexity index is 361. The van der Waals surface area contributed by atoms with Crippen LogP contribution in [0.5, 0.6) is 0 Å². The number of nitrogen functional groups attached to an aromatic ring is 1. The van der Waals surface area contributed by atoms with Crippen molar-refractivity contribution in [2.24, 2.45) is 0 Å². The molecule has 12 heavy (non-hydrogen) atoms. The fourth-order valence-electron chi connectivity index (χ4n) is 0.751. The minimum absolute atomic E-state index is 0.0181. The summed E-state index contributed by atoms with van der Waals surface area (Å²) in [6.45, 7) is 1.82. The van der Waals surface area contributed by atoms with E-state index in [1.807, 2.05) is 6.92 Å². The molecule has 0 aliphatic rings. The minimum atomic E-state index is -2.99. The van der Waals surface area contributed by atoms with Crippen LogP contribution in [0.25, 0.3) is 0 Å². The summed E-state index contributed by atoms with van der Waals surface area (Å²) in [7, 11) is -2.99. The second-order valence-electron chi connectivity index (χ2n) is 2.62. The zero-order valence-electron chi connectivity index (χ0n) is 6.86. The molecule has 0 saturated carbocycles. The lowest BCUT2D eigenvalue weighted by Gasteiger charge is -1.90. The van der Waals surface area contributed by atoms with Crippen LogP contribution in [0.15, 0.2) is 0 Å². The van der Waals surface area contributed by atoms with Crippen molar-refractivity contribution >= 4 is 27.0 Å². The third-order valence-corrected chi connectivity index (χ3v) is 3.23. The standard InChI is InChI=1S/C6H10N2O2S2/c1-4-6(7)8-5(11-4)3-12(2,9)10/h3,7H2,1-2H3. The smallest absolute Gasteiger partial charge is 0.153 e. The topological polar surface area (TPSA) is 73.0 Å². The Morgan fingerprint density at radius 3 is 2.50 bits per heavy atom. The monoisotopic (exact) mass is 206 g/mol. The van der Waals surface area contributed by atoms with Gasteiger partial charge in [-0.2, -0.15) is 0 Å². The first-order valence-corrected chi connectivity index (χ1v) is 6.15. The number of hydrogen-bond acceptors (Lipinski definition) is 5. The van der Waals surface area contributed by atoms with Gasteiger partial charge in [-0.15, -0.1) is 11.3 Å². The molecule has 68 valence electrons. The van der Waals surface area contributed by atoms with E-state index < -0.39 is 9.84 Å². The molecule has 0 bridgehead atoms. The van der Waals surface area contributed by atoms with Crippen LogP contribution in [0.4, 0.5) is 5.82 Å². The van der Waals surface area contributed by atoms with Crippen molar-refractivity contribution in [2.45, 2.75) is 12.7 Å². The predicted molar refractivity (Wildman–Crippen MR) is 49.8 cm³/mol. The number of rotatable bonds is 2. The molecule has 0 radical (unpaired) electrons. The number of thiazole rings is 1. The van der Waals surface area contributed by atoms with E-state index in [0.29, 0.717) is 10.8 Å². The van der Waals surface area contributed by atoms with Gasteiger partial charge < -0.3 is 5.73 Å². The largest absolute Gasteiger partial charge is 0.383 e. The molecule has 4 nitrogen and oxygen atoms in total. The van der Waals surface area contributed by atoms with Crippen molar-refractivity contribution in [2.75, 3.05) is 12.0 Å². The number of aryl methyl sites for hydroxylation is 1. The zero-order valence-corrected chi connectivity index (χ0v) is 8.50. The van der Waals surface area contributed by atoms with Crippen molar-refractivity contribution in [3.8, 4) is 0 Å². The molecule has 1 aromatic rings. The number of aromatic nitrogens is 1. The summed E-state index contributed by atoms with van der Waals surface area (Å²) in [5.41, 5.74) is 5.46. The number of sulfone groups is 1. The number of hydrogen-bond donors (Lipinski definition) is 1. The van der Waals surface area contributed by atoms with Crippen LogP contribution in [-0.2, 0) is 15.6 Å². The first-order valence-electron chi connectivity index (χ1n) is 3.28. The van der Waals surface area contributed by atoms with Crippen molar-refractivity contribution in [1.29, 1.82) is 0 Å². The van der Waals surface area contributed by atoms with Crippen molar-refractivity contribution < 1.29 is 8.42 Å². The Morgan fingerprint density at radius 2 is 2.17 bits per heavy atom. The zero-order chi connectivity index (χ0) is 9.35. The van der Waals surface area contributed by atoms with Crippen LogP contribution in [0.2, 0.25) is 0 Å². The molecule has 1 aromatic heterocycles. The Morgan fingerprint density at radius 1 is 1.58 bits per heavy atom. The summed E-state index contributed by atoms with van der Waals surface area (Å²) in [6, 6.07) is 0. The summed E-state index contributed by atoms with van der Waals surface area (Å²) < 4.78 is 21.7. The van der Waals surface area contributed by atoms with Crippen molar-refractivity contribution in [3.05, 3.63) is 9.88 Å². The van der Waals surface area contributed by atoms with E-state index in [0.717, 1.165) is 4.88 Å². The Kier molecular flexibility index (Phi) is 2.39. The predicted octanol–water partition coefficient (Wildman–Crippen LogP) is 0.578.